The Hall–Kier alpha value is -1.26. The van der Waals surface area contributed by atoms with Crippen molar-refractivity contribution in [1.29, 1.82) is 0 Å². The van der Waals surface area contributed by atoms with Crippen LogP contribution in [0.5, 0.6) is 0 Å². The van der Waals surface area contributed by atoms with Gasteiger partial charge >= 0.3 is 0 Å². The standard InChI is InChI=1S/C12H22N4O/c1-3-13-12(14-11-4-5-11)16-8-6-15(7-9-16)10(2)17/h11H,3-9H2,1-2H3,(H,13,14). The molecule has 0 bridgehead atoms. The summed E-state index contributed by atoms with van der Waals surface area (Å²) in [5, 5.41) is 3.48. The van der Waals surface area contributed by atoms with Gasteiger partial charge in [0.2, 0.25) is 5.91 Å². The Bertz CT molecular complexity index is 304. The third-order valence-electron chi connectivity index (χ3n) is 3.24. The second-order valence-corrected chi connectivity index (χ2v) is 4.71. The molecule has 1 N–H and O–H groups in total. The molecule has 0 aromatic heterocycles. The van der Waals surface area contributed by atoms with Crippen molar-refractivity contribution in [2.75, 3.05) is 32.7 Å². The van der Waals surface area contributed by atoms with E-state index in [9.17, 15) is 4.79 Å². The van der Waals surface area contributed by atoms with Crippen molar-refractivity contribution in [3.63, 3.8) is 0 Å². The maximum atomic E-state index is 11.3. The molecule has 17 heavy (non-hydrogen) atoms. The molecule has 96 valence electrons. The lowest BCUT2D eigenvalue weighted by Crippen LogP contribution is -2.53. The first-order valence-electron chi connectivity index (χ1n) is 6.52. The van der Waals surface area contributed by atoms with Crippen molar-refractivity contribution < 1.29 is 4.79 Å². The summed E-state index contributed by atoms with van der Waals surface area (Å²) in [5.74, 6) is 1.20. The molecule has 1 amide bonds. The highest BCUT2D eigenvalue weighted by Gasteiger charge is 2.26. The van der Waals surface area contributed by atoms with E-state index in [2.05, 4.69) is 22.1 Å². The van der Waals surface area contributed by atoms with Gasteiger partial charge in [0.05, 0.1) is 0 Å². The lowest BCUT2D eigenvalue weighted by atomic mass is 10.3. The topological polar surface area (TPSA) is 47.9 Å². The predicted molar refractivity (Wildman–Crippen MR) is 68.0 cm³/mol. The predicted octanol–water partition coefficient (Wildman–Crippen LogP) is 0.278. The van der Waals surface area contributed by atoms with E-state index in [4.69, 9.17) is 0 Å². The molecule has 2 fully saturated rings. The number of rotatable bonds is 2. The van der Waals surface area contributed by atoms with Gasteiger partial charge in [-0.05, 0) is 19.8 Å². The van der Waals surface area contributed by atoms with E-state index >= 15 is 0 Å². The summed E-state index contributed by atoms with van der Waals surface area (Å²) >= 11 is 0. The van der Waals surface area contributed by atoms with Gasteiger partial charge in [-0.3, -0.25) is 9.79 Å². The number of carbonyl (C=O) groups excluding carboxylic acids is 1. The smallest absolute Gasteiger partial charge is 0.219 e. The second-order valence-electron chi connectivity index (χ2n) is 4.71. The Balaban J connectivity index is 1.87. The van der Waals surface area contributed by atoms with Crippen LogP contribution in [0.4, 0.5) is 0 Å². The van der Waals surface area contributed by atoms with E-state index in [1.165, 1.54) is 12.8 Å². The van der Waals surface area contributed by atoms with Gasteiger partial charge in [0, 0.05) is 45.7 Å². The molecular formula is C12H22N4O. The normalized spacial score (nSPS) is 21.6. The SMILES string of the molecule is CCN=C(NC1CC1)N1CCN(C(C)=O)CC1. The Kier molecular flexibility index (Phi) is 3.86. The fourth-order valence-electron chi connectivity index (χ4n) is 2.03. The molecule has 1 saturated carbocycles. The van der Waals surface area contributed by atoms with Gasteiger partial charge in [-0.2, -0.15) is 0 Å². The molecule has 1 saturated heterocycles. The number of hydrogen-bond acceptors (Lipinski definition) is 2. The zero-order valence-corrected chi connectivity index (χ0v) is 10.8. The minimum atomic E-state index is 0.175. The fraction of sp³-hybridized carbons (Fsp3) is 0.833. The van der Waals surface area contributed by atoms with Crippen LogP contribution in [0.15, 0.2) is 4.99 Å². The monoisotopic (exact) mass is 238 g/mol. The minimum Gasteiger partial charge on any atom is -0.354 e. The minimum absolute atomic E-state index is 0.175. The molecule has 5 heteroatoms. The Labute approximate surface area is 103 Å². The van der Waals surface area contributed by atoms with Crippen LogP contribution in [0.25, 0.3) is 0 Å². The highest BCUT2D eigenvalue weighted by molar-refractivity contribution is 5.81. The summed E-state index contributed by atoms with van der Waals surface area (Å²) in [5.41, 5.74) is 0. The van der Waals surface area contributed by atoms with Crippen LogP contribution >= 0.6 is 0 Å². The maximum Gasteiger partial charge on any atom is 0.219 e. The third-order valence-corrected chi connectivity index (χ3v) is 3.24. The lowest BCUT2D eigenvalue weighted by molar-refractivity contribution is -0.130. The van der Waals surface area contributed by atoms with Gasteiger partial charge in [0.15, 0.2) is 5.96 Å². The van der Waals surface area contributed by atoms with E-state index in [-0.39, 0.29) is 5.91 Å². The van der Waals surface area contributed by atoms with Crippen molar-refractivity contribution in [3.8, 4) is 0 Å². The summed E-state index contributed by atoms with van der Waals surface area (Å²) < 4.78 is 0. The zero-order chi connectivity index (χ0) is 12.3. The van der Waals surface area contributed by atoms with E-state index in [0.717, 1.165) is 38.7 Å². The third kappa shape index (κ3) is 3.35. The summed E-state index contributed by atoms with van der Waals surface area (Å²) in [6.07, 6.45) is 2.52. The Morgan fingerprint density at radius 1 is 1.24 bits per heavy atom. The van der Waals surface area contributed by atoms with Crippen molar-refractivity contribution in [1.82, 2.24) is 15.1 Å². The number of nitrogens with zero attached hydrogens (tertiary/aromatic N) is 3. The van der Waals surface area contributed by atoms with Crippen molar-refractivity contribution in [3.05, 3.63) is 0 Å². The quantitative estimate of drug-likeness (QED) is 0.555. The van der Waals surface area contributed by atoms with Gasteiger partial charge in [-0.15, -0.1) is 0 Å². The fourth-order valence-corrected chi connectivity index (χ4v) is 2.03. The number of piperazine rings is 1. The molecular weight excluding hydrogens is 216 g/mol. The first-order valence-corrected chi connectivity index (χ1v) is 6.52. The second kappa shape index (κ2) is 5.38. The molecule has 0 aromatic carbocycles. The summed E-state index contributed by atoms with van der Waals surface area (Å²) in [7, 11) is 0. The highest BCUT2D eigenvalue weighted by Crippen LogP contribution is 2.19. The van der Waals surface area contributed by atoms with Crippen LogP contribution in [0, 0.1) is 0 Å². The Morgan fingerprint density at radius 2 is 1.82 bits per heavy atom. The summed E-state index contributed by atoms with van der Waals surface area (Å²) in [6, 6.07) is 0.631. The van der Waals surface area contributed by atoms with E-state index < -0.39 is 0 Å². The van der Waals surface area contributed by atoms with Gasteiger partial charge in [0.25, 0.3) is 0 Å². The highest BCUT2D eigenvalue weighted by atomic mass is 16.2. The molecule has 2 aliphatic rings. The molecule has 1 aliphatic carbocycles. The first-order chi connectivity index (χ1) is 8.20. The molecule has 5 nitrogen and oxygen atoms in total. The van der Waals surface area contributed by atoms with Crippen LogP contribution in [0.2, 0.25) is 0 Å². The molecule has 1 aliphatic heterocycles. The van der Waals surface area contributed by atoms with Crippen LogP contribution in [-0.2, 0) is 4.79 Å². The van der Waals surface area contributed by atoms with Crippen molar-refractivity contribution in [2.24, 2.45) is 4.99 Å². The number of nitrogens with one attached hydrogen (secondary N) is 1. The van der Waals surface area contributed by atoms with Gasteiger partial charge in [0.1, 0.15) is 0 Å². The number of hydrogen-bond donors (Lipinski definition) is 1. The van der Waals surface area contributed by atoms with E-state index in [0.29, 0.717) is 6.04 Å². The summed E-state index contributed by atoms with van der Waals surface area (Å²) in [6.45, 7) is 7.90. The molecule has 1 heterocycles. The van der Waals surface area contributed by atoms with Gasteiger partial charge in [-0.1, -0.05) is 0 Å². The summed E-state index contributed by atoms with van der Waals surface area (Å²) in [4.78, 5) is 19.9. The number of guanidine groups is 1. The lowest BCUT2D eigenvalue weighted by Gasteiger charge is -2.36. The van der Waals surface area contributed by atoms with Crippen LogP contribution in [-0.4, -0.2) is 60.4 Å². The largest absolute Gasteiger partial charge is 0.354 e. The van der Waals surface area contributed by atoms with Crippen LogP contribution in [0.3, 0.4) is 0 Å². The van der Waals surface area contributed by atoms with Gasteiger partial charge < -0.3 is 15.1 Å². The average Bonchev–Trinajstić information content (AvgIpc) is 3.13. The molecule has 0 atom stereocenters. The van der Waals surface area contributed by atoms with Crippen LogP contribution < -0.4 is 5.32 Å². The number of amides is 1. The first kappa shape index (κ1) is 12.2. The van der Waals surface area contributed by atoms with E-state index in [1.807, 2.05) is 4.90 Å². The molecule has 2 rings (SSSR count). The van der Waals surface area contributed by atoms with Crippen molar-refractivity contribution in [2.45, 2.75) is 32.7 Å². The number of carbonyl (C=O) groups is 1. The number of aliphatic imine (C=N–C) groups is 1. The molecule has 0 spiro atoms. The Morgan fingerprint density at radius 3 is 2.29 bits per heavy atom. The molecule has 0 unspecified atom stereocenters. The van der Waals surface area contributed by atoms with Gasteiger partial charge in [-0.25, -0.2) is 0 Å². The van der Waals surface area contributed by atoms with E-state index in [1.54, 1.807) is 6.92 Å². The van der Waals surface area contributed by atoms with Crippen LogP contribution in [0.1, 0.15) is 26.7 Å². The molecule has 0 aromatic rings. The maximum absolute atomic E-state index is 11.3. The molecule has 0 radical (unpaired) electrons. The average molecular weight is 238 g/mol. The zero-order valence-electron chi connectivity index (χ0n) is 10.8. The van der Waals surface area contributed by atoms with Crippen molar-refractivity contribution >= 4 is 11.9 Å².